The van der Waals surface area contributed by atoms with Gasteiger partial charge in [0.1, 0.15) is 5.82 Å². The van der Waals surface area contributed by atoms with Crippen molar-refractivity contribution in [3.05, 3.63) is 20.1 Å². The molecule has 0 aliphatic heterocycles. The van der Waals surface area contributed by atoms with E-state index in [-0.39, 0.29) is 5.82 Å². The number of rotatable bonds is 0. The van der Waals surface area contributed by atoms with E-state index in [1.165, 1.54) is 22.8 Å². The van der Waals surface area contributed by atoms with Gasteiger partial charge in [0.05, 0.1) is 2.88 Å². The highest BCUT2D eigenvalue weighted by Gasteiger charge is 1.90. The van der Waals surface area contributed by atoms with Gasteiger partial charge in [-0.3, -0.25) is 0 Å². The Morgan fingerprint density at radius 1 is 1.71 bits per heavy atom. The Morgan fingerprint density at radius 3 is 2.57 bits per heavy atom. The van der Waals surface area contributed by atoms with Gasteiger partial charge in [0, 0.05) is 5.38 Å². The fourth-order valence-corrected chi connectivity index (χ4v) is 1.44. The number of halogens is 2. The Labute approximate surface area is 58.5 Å². The Balaban J connectivity index is 3.04. The van der Waals surface area contributed by atoms with E-state index in [0.29, 0.717) is 0 Å². The molecule has 0 bridgehead atoms. The Kier molecular flexibility index (Phi) is 1.64. The summed E-state index contributed by atoms with van der Waals surface area (Å²) in [4.78, 5) is 0. The third-order valence-corrected chi connectivity index (χ3v) is 2.30. The molecule has 0 N–H and O–H groups in total. The van der Waals surface area contributed by atoms with Gasteiger partial charge >= 0.3 is 0 Å². The fourth-order valence-electron chi connectivity index (χ4n) is 0.289. The topological polar surface area (TPSA) is 0 Å². The zero-order valence-electron chi connectivity index (χ0n) is 3.32. The van der Waals surface area contributed by atoms with Crippen LogP contribution in [0.3, 0.4) is 0 Å². The van der Waals surface area contributed by atoms with Crippen molar-refractivity contribution >= 4 is 33.9 Å². The van der Waals surface area contributed by atoms with Gasteiger partial charge in [0.25, 0.3) is 0 Å². The van der Waals surface area contributed by atoms with Crippen LogP contribution in [0.4, 0.5) is 4.39 Å². The molecule has 3 heteroatoms. The highest BCUT2D eigenvalue weighted by atomic mass is 127. The first-order valence-corrected chi connectivity index (χ1v) is 3.64. The van der Waals surface area contributed by atoms with Crippen molar-refractivity contribution in [2.75, 3.05) is 0 Å². The zero-order chi connectivity index (χ0) is 5.28. The van der Waals surface area contributed by atoms with E-state index in [1.54, 1.807) is 0 Å². The zero-order valence-corrected chi connectivity index (χ0v) is 6.29. The lowest BCUT2D eigenvalue weighted by Gasteiger charge is -1.65. The molecule has 1 heterocycles. The standard InChI is InChI=1S/C4H2FIS/c5-3-1-4(6)7-2-3/h1-2H. The average molecular weight is 228 g/mol. The van der Waals surface area contributed by atoms with Crippen LogP contribution in [0, 0.1) is 8.70 Å². The van der Waals surface area contributed by atoms with Crippen LogP contribution in [-0.4, -0.2) is 0 Å². The molecule has 0 atom stereocenters. The summed E-state index contributed by atoms with van der Waals surface area (Å²) in [5.74, 6) is -0.130. The Bertz CT molecular complexity index is 144. The SMILES string of the molecule is Fc1csc(I)c1. The maximum atomic E-state index is 11.9. The minimum atomic E-state index is -0.130. The van der Waals surface area contributed by atoms with Gasteiger partial charge in [-0.2, -0.15) is 0 Å². The first-order valence-electron chi connectivity index (χ1n) is 1.68. The Hall–Kier alpha value is 0.360. The quantitative estimate of drug-likeness (QED) is 0.598. The smallest absolute Gasteiger partial charge is 0.134 e. The molecule has 0 spiro atoms. The van der Waals surface area contributed by atoms with Crippen LogP contribution in [-0.2, 0) is 0 Å². The number of thiophene rings is 1. The summed E-state index contributed by atoms with van der Waals surface area (Å²) >= 11 is 3.50. The number of hydrogen-bond acceptors (Lipinski definition) is 1. The normalized spacial score (nSPS) is 9.43. The molecule has 0 aliphatic carbocycles. The Morgan fingerprint density at radius 2 is 2.43 bits per heavy atom. The van der Waals surface area contributed by atoms with Crippen LogP contribution in [0.25, 0.3) is 0 Å². The van der Waals surface area contributed by atoms with Crippen LogP contribution in [0.1, 0.15) is 0 Å². The molecule has 0 nitrogen and oxygen atoms in total. The van der Waals surface area contributed by atoms with Crippen molar-refractivity contribution in [1.82, 2.24) is 0 Å². The summed E-state index contributed by atoms with van der Waals surface area (Å²) in [5.41, 5.74) is 0. The lowest BCUT2D eigenvalue weighted by molar-refractivity contribution is 0.633. The van der Waals surface area contributed by atoms with Gasteiger partial charge in [-0.05, 0) is 28.7 Å². The predicted octanol–water partition coefficient (Wildman–Crippen LogP) is 2.49. The molecule has 38 valence electrons. The summed E-state index contributed by atoms with van der Waals surface area (Å²) in [6, 6.07) is 1.51. The second-order valence-electron chi connectivity index (χ2n) is 1.07. The molecule has 7 heavy (non-hydrogen) atoms. The van der Waals surface area contributed by atoms with Crippen LogP contribution in [0.15, 0.2) is 11.4 Å². The van der Waals surface area contributed by atoms with E-state index in [2.05, 4.69) is 22.6 Å². The number of hydrogen-bond donors (Lipinski definition) is 0. The van der Waals surface area contributed by atoms with Crippen molar-refractivity contribution in [2.45, 2.75) is 0 Å². The molecule has 1 aromatic heterocycles. The molecule has 0 saturated heterocycles. The summed E-state index contributed by atoms with van der Waals surface area (Å²) in [6.45, 7) is 0. The molecule has 0 amide bonds. The third-order valence-electron chi connectivity index (χ3n) is 0.535. The van der Waals surface area contributed by atoms with E-state index < -0.39 is 0 Å². The van der Waals surface area contributed by atoms with Crippen molar-refractivity contribution in [3.8, 4) is 0 Å². The minimum Gasteiger partial charge on any atom is -0.206 e. The molecule has 0 fully saturated rings. The van der Waals surface area contributed by atoms with Crippen molar-refractivity contribution < 1.29 is 4.39 Å². The van der Waals surface area contributed by atoms with Gasteiger partial charge < -0.3 is 0 Å². The summed E-state index contributed by atoms with van der Waals surface area (Å²) in [6.07, 6.45) is 0. The first-order chi connectivity index (χ1) is 3.29. The van der Waals surface area contributed by atoms with E-state index in [9.17, 15) is 4.39 Å². The first kappa shape index (κ1) is 5.50. The van der Waals surface area contributed by atoms with Crippen LogP contribution in [0.5, 0.6) is 0 Å². The molecule has 0 saturated carbocycles. The van der Waals surface area contributed by atoms with Gasteiger partial charge in [0.2, 0.25) is 0 Å². The lowest BCUT2D eigenvalue weighted by atomic mass is 10.6. The van der Waals surface area contributed by atoms with E-state index in [4.69, 9.17) is 0 Å². The predicted molar refractivity (Wildman–Crippen MR) is 37.0 cm³/mol. The summed E-state index contributed by atoms with van der Waals surface area (Å²) in [5, 5.41) is 1.49. The van der Waals surface area contributed by atoms with Gasteiger partial charge in [-0.25, -0.2) is 4.39 Å². The molecule has 0 unspecified atom stereocenters. The van der Waals surface area contributed by atoms with Crippen molar-refractivity contribution in [1.29, 1.82) is 0 Å². The summed E-state index contributed by atoms with van der Waals surface area (Å²) < 4.78 is 12.9. The molecular formula is C4H2FIS. The van der Waals surface area contributed by atoms with Gasteiger partial charge in [-0.1, -0.05) is 0 Å². The van der Waals surface area contributed by atoms with Gasteiger partial charge in [-0.15, -0.1) is 11.3 Å². The molecule has 0 aliphatic rings. The minimum absolute atomic E-state index is 0.130. The molecular weight excluding hydrogens is 226 g/mol. The van der Waals surface area contributed by atoms with Crippen molar-refractivity contribution in [3.63, 3.8) is 0 Å². The van der Waals surface area contributed by atoms with E-state index >= 15 is 0 Å². The lowest BCUT2D eigenvalue weighted by Crippen LogP contribution is -1.53. The maximum absolute atomic E-state index is 11.9. The van der Waals surface area contributed by atoms with Crippen LogP contribution >= 0.6 is 33.9 Å². The molecule has 1 rings (SSSR count). The monoisotopic (exact) mass is 228 g/mol. The van der Waals surface area contributed by atoms with Crippen LogP contribution in [0.2, 0.25) is 0 Å². The highest BCUT2D eigenvalue weighted by molar-refractivity contribution is 14.1. The van der Waals surface area contributed by atoms with Gasteiger partial charge in [0.15, 0.2) is 0 Å². The van der Waals surface area contributed by atoms with Crippen molar-refractivity contribution in [2.24, 2.45) is 0 Å². The molecule has 1 aromatic rings. The fraction of sp³-hybridized carbons (Fsp3) is 0. The third kappa shape index (κ3) is 1.38. The van der Waals surface area contributed by atoms with Crippen LogP contribution < -0.4 is 0 Å². The average Bonchev–Trinajstić information content (AvgIpc) is 1.87. The highest BCUT2D eigenvalue weighted by Crippen LogP contribution is 2.14. The van der Waals surface area contributed by atoms with E-state index in [0.717, 1.165) is 2.88 Å². The summed E-state index contributed by atoms with van der Waals surface area (Å²) in [7, 11) is 0. The molecule has 0 aromatic carbocycles. The second kappa shape index (κ2) is 2.09. The van der Waals surface area contributed by atoms with E-state index in [1.807, 2.05) is 0 Å². The maximum Gasteiger partial charge on any atom is 0.134 e. The molecule has 0 radical (unpaired) electrons. The second-order valence-corrected chi connectivity index (χ2v) is 3.87. The largest absolute Gasteiger partial charge is 0.206 e.